The van der Waals surface area contributed by atoms with Crippen LogP contribution in [0.15, 0.2) is 65.1 Å². The highest BCUT2D eigenvalue weighted by Gasteiger charge is 2.60. The molecule has 2 amide bonds. The number of imide groups is 1. The molecule has 11 heteroatoms. The molecule has 3 aromatic carbocycles. The van der Waals surface area contributed by atoms with Gasteiger partial charge in [-0.05, 0) is 63.8 Å². The predicted octanol–water partition coefficient (Wildman–Crippen LogP) is 4.69. The Bertz CT molecular complexity index is 1410. The van der Waals surface area contributed by atoms with Crippen LogP contribution in [0.4, 0.5) is 17.1 Å². The summed E-state index contributed by atoms with van der Waals surface area (Å²) < 4.78 is 5.61. The van der Waals surface area contributed by atoms with Crippen molar-refractivity contribution in [2.45, 2.75) is 25.5 Å². The Morgan fingerprint density at radius 1 is 1.08 bits per heavy atom. The monoisotopic (exact) mass is 567 g/mol. The number of carbonyl (C=O) groups excluding carboxylic acids is 2. The maximum absolute atomic E-state index is 13.8. The van der Waals surface area contributed by atoms with Gasteiger partial charge < -0.3 is 9.84 Å². The number of hydroxylamine groups is 1. The molecule has 190 valence electrons. The average molecular weight is 568 g/mol. The minimum Gasteiger partial charge on any atom is -0.503 e. The number of halogens is 1. The van der Waals surface area contributed by atoms with E-state index >= 15 is 0 Å². The molecule has 2 heterocycles. The van der Waals surface area contributed by atoms with Gasteiger partial charge in [0.1, 0.15) is 5.92 Å². The van der Waals surface area contributed by atoms with E-state index < -0.39 is 34.8 Å². The third-order valence-corrected chi connectivity index (χ3v) is 7.23. The largest absolute Gasteiger partial charge is 0.503 e. The molecule has 0 aliphatic carbocycles. The van der Waals surface area contributed by atoms with Gasteiger partial charge in [0.2, 0.25) is 5.91 Å². The Kier molecular flexibility index (Phi) is 6.34. The Hall–Kier alpha value is -3.96. The zero-order valence-electron chi connectivity index (χ0n) is 19.8. The van der Waals surface area contributed by atoms with Gasteiger partial charge in [0.15, 0.2) is 17.6 Å². The van der Waals surface area contributed by atoms with Crippen molar-refractivity contribution in [2.75, 3.05) is 17.1 Å². The molecule has 5 rings (SSSR count). The summed E-state index contributed by atoms with van der Waals surface area (Å²) in [6, 6.07) is 15.2. The van der Waals surface area contributed by atoms with Gasteiger partial charge in [-0.2, -0.15) is 0 Å². The van der Waals surface area contributed by atoms with Crippen molar-refractivity contribution in [3.63, 3.8) is 0 Å². The Morgan fingerprint density at radius 2 is 1.81 bits per heavy atom. The van der Waals surface area contributed by atoms with Crippen LogP contribution in [-0.4, -0.2) is 35.1 Å². The summed E-state index contributed by atoms with van der Waals surface area (Å²) in [5, 5.41) is 23.1. The highest BCUT2D eigenvalue weighted by molar-refractivity contribution is 9.10. The van der Waals surface area contributed by atoms with E-state index in [4.69, 9.17) is 9.57 Å². The third-order valence-electron chi connectivity index (χ3n) is 6.63. The highest BCUT2D eigenvalue weighted by atomic mass is 79.9. The summed E-state index contributed by atoms with van der Waals surface area (Å²) in [5.74, 6) is -1.92. The molecule has 0 spiro atoms. The number of aromatic hydroxyl groups is 1. The Balaban J connectivity index is 1.62. The van der Waals surface area contributed by atoms with Gasteiger partial charge in [-0.3, -0.25) is 24.5 Å². The zero-order chi connectivity index (χ0) is 26.4. The van der Waals surface area contributed by atoms with Gasteiger partial charge >= 0.3 is 0 Å². The lowest BCUT2D eigenvalue weighted by Crippen LogP contribution is -2.37. The number of methoxy groups -OCH3 is 1. The van der Waals surface area contributed by atoms with Crippen LogP contribution in [0.25, 0.3) is 0 Å². The fraction of sp³-hybridized carbons (Fsp3) is 0.231. The molecule has 2 fully saturated rings. The van der Waals surface area contributed by atoms with Gasteiger partial charge in [0.05, 0.1) is 33.9 Å². The maximum Gasteiger partial charge on any atom is 0.271 e. The van der Waals surface area contributed by atoms with Crippen molar-refractivity contribution in [3.8, 4) is 11.5 Å². The molecule has 0 radical (unpaired) electrons. The van der Waals surface area contributed by atoms with Crippen LogP contribution in [0.3, 0.4) is 0 Å². The number of phenolic OH excluding ortho intramolecular Hbond substituents is 1. The number of hydrogen-bond donors (Lipinski definition) is 1. The summed E-state index contributed by atoms with van der Waals surface area (Å²) in [6.45, 7) is 2.01. The number of non-ortho nitro benzene ring substituents is 1. The van der Waals surface area contributed by atoms with Crippen LogP contribution in [-0.2, 0) is 20.8 Å². The van der Waals surface area contributed by atoms with E-state index in [0.29, 0.717) is 21.4 Å². The van der Waals surface area contributed by atoms with Crippen molar-refractivity contribution in [2.24, 2.45) is 5.92 Å². The molecule has 37 heavy (non-hydrogen) atoms. The van der Waals surface area contributed by atoms with Crippen LogP contribution < -0.4 is 14.7 Å². The average Bonchev–Trinajstić information content (AvgIpc) is 3.41. The number of ether oxygens (including phenoxy) is 1. The molecule has 0 unspecified atom stereocenters. The van der Waals surface area contributed by atoms with Crippen LogP contribution in [0.5, 0.6) is 11.5 Å². The first-order chi connectivity index (χ1) is 17.7. The Morgan fingerprint density at radius 3 is 2.46 bits per heavy atom. The predicted molar refractivity (Wildman–Crippen MR) is 137 cm³/mol. The maximum atomic E-state index is 13.8. The molecular formula is C26H22BrN3O7. The summed E-state index contributed by atoms with van der Waals surface area (Å²) >= 11 is 3.31. The van der Waals surface area contributed by atoms with Gasteiger partial charge in [-0.15, -0.1) is 0 Å². The summed E-state index contributed by atoms with van der Waals surface area (Å²) in [6.07, 6.45) is -0.338. The lowest BCUT2D eigenvalue weighted by molar-refractivity contribution is -0.384. The van der Waals surface area contributed by atoms with Crippen molar-refractivity contribution >= 4 is 44.8 Å². The van der Waals surface area contributed by atoms with Gasteiger partial charge in [-0.1, -0.05) is 25.1 Å². The molecular weight excluding hydrogens is 546 g/mol. The first-order valence-corrected chi connectivity index (χ1v) is 12.3. The van der Waals surface area contributed by atoms with E-state index in [2.05, 4.69) is 15.9 Å². The van der Waals surface area contributed by atoms with Crippen molar-refractivity contribution in [1.29, 1.82) is 0 Å². The molecule has 3 atom stereocenters. The molecule has 2 saturated heterocycles. The fourth-order valence-electron chi connectivity index (χ4n) is 4.78. The minimum atomic E-state index is -1.15. The van der Waals surface area contributed by atoms with Crippen molar-refractivity contribution in [1.82, 2.24) is 0 Å². The molecule has 0 aromatic heterocycles. The third kappa shape index (κ3) is 4.09. The van der Waals surface area contributed by atoms with E-state index in [-0.39, 0.29) is 17.2 Å². The molecule has 2 aliphatic heterocycles. The number of anilines is 2. The molecule has 2 aliphatic rings. The highest BCUT2D eigenvalue weighted by Crippen LogP contribution is 2.50. The van der Waals surface area contributed by atoms with Crippen LogP contribution in [0.2, 0.25) is 0 Å². The number of amides is 2. The van der Waals surface area contributed by atoms with E-state index in [9.17, 15) is 24.8 Å². The topological polar surface area (TPSA) is 122 Å². The molecule has 10 nitrogen and oxygen atoms in total. The van der Waals surface area contributed by atoms with Gasteiger partial charge in [0.25, 0.3) is 11.6 Å². The molecule has 1 N–H and O–H groups in total. The number of fused-ring (bicyclic) bond motifs is 1. The van der Waals surface area contributed by atoms with E-state index in [1.165, 1.54) is 30.4 Å². The SMILES string of the molecule is CCc1ccc(N2C(=O)[C@@H]3[C@@H](ON(c4cccc([N+](=O)[O-])c4)[C@H]3c3cc(Br)c(O)c(OC)c3)C2=O)cc1. The quantitative estimate of drug-likeness (QED) is 0.258. The lowest BCUT2D eigenvalue weighted by Gasteiger charge is -2.29. The summed E-state index contributed by atoms with van der Waals surface area (Å²) in [7, 11) is 1.39. The first kappa shape index (κ1) is 24.7. The number of phenols is 1. The van der Waals surface area contributed by atoms with Gasteiger partial charge in [0, 0.05) is 12.1 Å². The normalized spacial score (nSPS) is 20.9. The van der Waals surface area contributed by atoms with Crippen molar-refractivity contribution < 1.29 is 29.2 Å². The van der Waals surface area contributed by atoms with E-state index in [0.717, 1.165) is 16.9 Å². The zero-order valence-corrected chi connectivity index (χ0v) is 21.4. The van der Waals surface area contributed by atoms with Crippen LogP contribution in [0, 0.1) is 16.0 Å². The number of rotatable bonds is 6. The number of nitrogens with zero attached hydrogens (tertiary/aromatic N) is 3. The number of nitro groups is 1. The number of aryl methyl sites for hydroxylation is 1. The van der Waals surface area contributed by atoms with E-state index in [1.807, 2.05) is 19.1 Å². The van der Waals surface area contributed by atoms with Crippen LogP contribution in [0.1, 0.15) is 24.1 Å². The second kappa shape index (κ2) is 9.49. The van der Waals surface area contributed by atoms with Crippen LogP contribution >= 0.6 is 15.9 Å². The second-order valence-electron chi connectivity index (χ2n) is 8.68. The smallest absolute Gasteiger partial charge is 0.271 e. The molecule has 3 aromatic rings. The molecule has 0 saturated carbocycles. The lowest BCUT2D eigenvalue weighted by atomic mass is 9.90. The van der Waals surface area contributed by atoms with Gasteiger partial charge in [-0.25, -0.2) is 9.96 Å². The number of carbonyl (C=O) groups is 2. The Labute approximate surface area is 220 Å². The summed E-state index contributed by atoms with van der Waals surface area (Å²) in [5.41, 5.74) is 2.14. The fourth-order valence-corrected chi connectivity index (χ4v) is 5.24. The first-order valence-electron chi connectivity index (χ1n) is 11.5. The number of benzene rings is 3. The van der Waals surface area contributed by atoms with Crippen molar-refractivity contribution in [3.05, 3.63) is 86.4 Å². The minimum absolute atomic E-state index is 0.130. The summed E-state index contributed by atoms with van der Waals surface area (Å²) in [4.78, 5) is 45.4. The van der Waals surface area contributed by atoms with E-state index in [1.54, 1.807) is 30.3 Å². The number of hydrogen-bond acceptors (Lipinski definition) is 8. The molecule has 0 bridgehead atoms. The second-order valence-corrected chi connectivity index (χ2v) is 9.54. The number of nitro benzene ring substituents is 1. The standard InChI is InChI=1S/C26H22BrN3O7/c1-3-14-7-9-16(10-8-14)28-25(32)21-22(15-11-19(27)23(31)20(12-15)36-2)29(37-24(21)26(28)33)17-5-4-6-18(13-17)30(34)35/h4-13,21-22,24,31H,3H2,1-2H3/t21-,22-,24+/m0/s1.